The van der Waals surface area contributed by atoms with Crippen molar-refractivity contribution in [3.63, 3.8) is 0 Å². The topological polar surface area (TPSA) is 30.5 Å². The van der Waals surface area contributed by atoms with Gasteiger partial charge in [-0.15, -0.1) is 0 Å². The lowest BCUT2D eigenvalue weighted by atomic mass is 10.2. The summed E-state index contributed by atoms with van der Waals surface area (Å²) in [7, 11) is 0. The zero-order valence-electron chi connectivity index (χ0n) is 12.8. The van der Waals surface area contributed by atoms with Crippen LogP contribution in [-0.4, -0.2) is 19.3 Å². The minimum absolute atomic E-state index is 0.479. The van der Waals surface area contributed by atoms with Crippen LogP contribution in [0.1, 0.15) is 40.2 Å². The first-order chi connectivity index (χ1) is 9.02. The largest absolute Gasteiger partial charge is 0.490 e. The van der Waals surface area contributed by atoms with Crippen LogP contribution in [0.15, 0.2) is 18.2 Å². The Hall–Kier alpha value is -1.22. The van der Waals surface area contributed by atoms with Gasteiger partial charge in [0, 0.05) is 12.6 Å². The molecule has 3 nitrogen and oxygen atoms in total. The summed E-state index contributed by atoms with van der Waals surface area (Å²) < 4.78 is 11.5. The molecular formula is C16H27NO2. The molecule has 19 heavy (non-hydrogen) atoms. The molecule has 0 radical (unpaired) electrons. The molecule has 1 aromatic rings. The Bertz CT molecular complexity index is 375. The maximum absolute atomic E-state index is 5.79. The Kier molecular flexibility index (Phi) is 6.71. The minimum Gasteiger partial charge on any atom is -0.490 e. The van der Waals surface area contributed by atoms with Crippen molar-refractivity contribution < 1.29 is 9.47 Å². The molecule has 0 aliphatic carbocycles. The van der Waals surface area contributed by atoms with Crippen LogP contribution in [-0.2, 0) is 6.54 Å². The molecule has 0 bridgehead atoms. The Balaban J connectivity index is 2.75. The molecule has 0 amide bonds. The summed E-state index contributed by atoms with van der Waals surface area (Å²) >= 11 is 0. The Morgan fingerprint density at radius 3 is 2.37 bits per heavy atom. The Morgan fingerprint density at radius 1 is 1.05 bits per heavy atom. The average Bonchev–Trinajstić information content (AvgIpc) is 2.35. The van der Waals surface area contributed by atoms with Gasteiger partial charge in [-0.05, 0) is 30.5 Å². The van der Waals surface area contributed by atoms with Gasteiger partial charge in [-0.3, -0.25) is 0 Å². The molecule has 0 heterocycles. The standard InChI is InChI=1S/C16H27NO2/c1-6-18-16-9-14(10-17-13(4)5)7-8-15(16)19-11-12(2)3/h7-9,12-13,17H,6,10-11H2,1-5H3. The summed E-state index contributed by atoms with van der Waals surface area (Å²) in [4.78, 5) is 0. The van der Waals surface area contributed by atoms with Crippen molar-refractivity contribution in [3.05, 3.63) is 23.8 Å². The van der Waals surface area contributed by atoms with Crippen LogP contribution < -0.4 is 14.8 Å². The van der Waals surface area contributed by atoms with Gasteiger partial charge in [-0.1, -0.05) is 33.8 Å². The molecule has 1 N–H and O–H groups in total. The molecular weight excluding hydrogens is 238 g/mol. The highest BCUT2D eigenvalue weighted by molar-refractivity contribution is 5.43. The number of nitrogens with one attached hydrogen (secondary N) is 1. The number of benzene rings is 1. The maximum Gasteiger partial charge on any atom is 0.161 e. The normalized spacial score (nSPS) is 11.1. The van der Waals surface area contributed by atoms with Gasteiger partial charge in [0.2, 0.25) is 0 Å². The lowest BCUT2D eigenvalue weighted by molar-refractivity contribution is 0.248. The van der Waals surface area contributed by atoms with Crippen LogP contribution in [0, 0.1) is 5.92 Å². The molecule has 108 valence electrons. The van der Waals surface area contributed by atoms with E-state index in [-0.39, 0.29) is 0 Å². The van der Waals surface area contributed by atoms with Crippen LogP contribution in [0.3, 0.4) is 0 Å². The second-order valence-electron chi connectivity index (χ2n) is 5.45. The fourth-order valence-electron chi connectivity index (χ4n) is 1.63. The third kappa shape index (κ3) is 5.97. The van der Waals surface area contributed by atoms with E-state index in [0.717, 1.165) is 18.0 Å². The quantitative estimate of drug-likeness (QED) is 0.778. The lowest BCUT2D eigenvalue weighted by Gasteiger charge is -2.15. The van der Waals surface area contributed by atoms with Crippen molar-refractivity contribution in [2.24, 2.45) is 5.92 Å². The van der Waals surface area contributed by atoms with Crippen LogP contribution in [0.4, 0.5) is 0 Å². The van der Waals surface area contributed by atoms with E-state index in [0.29, 0.717) is 25.2 Å². The first-order valence-corrected chi connectivity index (χ1v) is 7.14. The highest BCUT2D eigenvalue weighted by Gasteiger charge is 2.07. The van der Waals surface area contributed by atoms with E-state index >= 15 is 0 Å². The predicted octanol–water partition coefficient (Wildman–Crippen LogP) is 3.62. The Labute approximate surface area is 117 Å². The molecule has 3 heteroatoms. The van der Waals surface area contributed by atoms with Gasteiger partial charge in [-0.25, -0.2) is 0 Å². The SMILES string of the molecule is CCOc1cc(CNC(C)C)ccc1OCC(C)C. The summed E-state index contributed by atoms with van der Waals surface area (Å²) in [6.07, 6.45) is 0. The monoisotopic (exact) mass is 265 g/mol. The molecule has 0 unspecified atom stereocenters. The molecule has 1 aromatic carbocycles. The van der Waals surface area contributed by atoms with Gasteiger partial charge < -0.3 is 14.8 Å². The molecule has 0 aliphatic rings. The molecule has 0 aromatic heterocycles. The van der Waals surface area contributed by atoms with E-state index in [1.165, 1.54) is 5.56 Å². The summed E-state index contributed by atoms with van der Waals surface area (Å²) in [5.41, 5.74) is 1.22. The van der Waals surface area contributed by atoms with Crippen molar-refractivity contribution in [2.75, 3.05) is 13.2 Å². The molecule has 0 saturated carbocycles. The van der Waals surface area contributed by atoms with E-state index in [4.69, 9.17) is 9.47 Å². The fourth-order valence-corrected chi connectivity index (χ4v) is 1.63. The van der Waals surface area contributed by atoms with Crippen molar-refractivity contribution in [2.45, 2.75) is 47.2 Å². The molecule has 0 aliphatic heterocycles. The summed E-state index contributed by atoms with van der Waals surface area (Å²) in [6.45, 7) is 12.8. The summed E-state index contributed by atoms with van der Waals surface area (Å²) in [5, 5.41) is 3.40. The van der Waals surface area contributed by atoms with E-state index in [1.807, 2.05) is 13.0 Å². The van der Waals surface area contributed by atoms with Crippen LogP contribution in [0.2, 0.25) is 0 Å². The van der Waals surface area contributed by atoms with Gasteiger partial charge >= 0.3 is 0 Å². The number of hydrogen-bond acceptors (Lipinski definition) is 3. The lowest BCUT2D eigenvalue weighted by Crippen LogP contribution is -2.21. The maximum atomic E-state index is 5.79. The number of rotatable bonds is 8. The minimum atomic E-state index is 0.479. The summed E-state index contributed by atoms with van der Waals surface area (Å²) in [6, 6.07) is 6.64. The molecule has 0 atom stereocenters. The predicted molar refractivity (Wildman–Crippen MR) is 79.9 cm³/mol. The zero-order chi connectivity index (χ0) is 14.3. The van der Waals surface area contributed by atoms with Crippen LogP contribution in [0.25, 0.3) is 0 Å². The number of ether oxygens (including phenoxy) is 2. The molecule has 0 saturated heterocycles. The smallest absolute Gasteiger partial charge is 0.161 e. The first-order valence-electron chi connectivity index (χ1n) is 7.14. The van der Waals surface area contributed by atoms with E-state index in [9.17, 15) is 0 Å². The van der Waals surface area contributed by atoms with E-state index in [1.54, 1.807) is 0 Å². The molecule has 0 fully saturated rings. The average molecular weight is 265 g/mol. The van der Waals surface area contributed by atoms with E-state index < -0.39 is 0 Å². The van der Waals surface area contributed by atoms with Crippen LogP contribution in [0.5, 0.6) is 11.5 Å². The highest BCUT2D eigenvalue weighted by atomic mass is 16.5. The van der Waals surface area contributed by atoms with Crippen LogP contribution >= 0.6 is 0 Å². The second kappa shape index (κ2) is 8.05. The van der Waals surface area contributed by atoms with Gasteiger partial charge in [0.25, 0.3) is 0 Å². The molecule has 0 spiro atoms. The second-order valence-corrected chi connectivity index (χ2v) is 5.45. The highest BCUT2D eigenvalue weighted by Crippen LogP contribution is 2.29. The van der Waals surface area contributed by atoms with Crippen molar-refractivity contribution >= 4 is 0 Å². The summed E-state index contributed by atoms with van der Waals surface area (Å²) in [5.74, 6) is 2.19. The Morgan fingerprint density at radius 2 is 1.79 bits per heavy atom. The first kappa shape index (κ1) is 15.8. The third-order valence-electron chi connectivity index (χ3n) is 2.59. The van der Waals surface area contributed by atoms with Gasteiger partial charge in [-0.2, -0.15) is 0 Å². The van der Waals surface area contributed by atoms with Gasteiger partial charge in [0.15, 0.2) is 11.5 Å². The van der Waals surface area contributed by atoms with Gasteiger partial charge in [0.1, 0.15) is 0 Å². The molecule has 1 rings (SSSR count). The van der Waals surface area contributed by atoms with Crippen molar-refractivity contribution in [3.8, 4) is 11.5 Å². The number of hydrogen-bond donors (Lipinski definition) is 1. The fraction of sp³-hybridized carbons (Fsp3) is 0.625. The third-order valence-corrected chi connectivity index (χ3v) is 2.59. The van der Waals surface area contributed by atoms with Crippen molar-refractivity contribution in [1.82, 2.24) is 5.32 Å². The zero-order valence-corrected chi connectivity index (χ0v) is 12.8. The van der Waals surface area contributed by atoms with E-state index in [2.05, 4.69) is 45.1 Å². The van der Waals surface area contributed by atoms with Gasteiger partial charge in [0.05, 0.1) is 13.2 Å². The van der Waals surface area contributed by atoms with Crippen molar-refractivity contribution in [1.29, 1.82) is 0 Å².